The largest absolute Gasteiger partial charge is 0.365 e. The molecule has 2 rings (SSSR count). The van der Waals surface area contributed by atoms with Gasteiger partial charge < -0.3 is 15.0 Å². The number of primary amides is 1. The first-order chi connectivity index (χ1) is 9.78. The van der Waals surface area contributed by atoms with Crippen LogP contribution in [0.3, 0.4) is 0 Å². The van der Waals surface area contributed by atoms with Crippen LogP contribution in [-0.4, -0.2) is 35.1 Å². The topological polar surface area (TPSA) is 83.0 Å². The summed E-state index contributed by atoms with van der Waals surface area (Å²) in [6, 6.07) is 1.10. The van der Waals surface area contributed by atoms with Crippen LogP contribution < -0.4 is 5.73 Å². The highest BCUT2D eigenvalue weighted by Crippen LogP contribution is 2.18. The molecule has 0 aliphatic carbocycles. The second-order valence-electron chi connectivity index (χ2n) is 6.41. The monoisotopic (exact) mass is 306 g/mol. The predicted molar refractivity (Wildman–Crippen MR) is 84.9 cm³/mol. The number of nitrogens with two attached hydrogens (primary N) is 1. The summed E-state index contributed by atoms with van der Waals surface area (Å²) >= 11 is 0. The first-order valence-corrected chi connectivity index (χ1v) is 10.7. The summed E-state index contributed by atoms with van der Waals surface area (Å²) < 4.78 is 7.49. The number of carbonyl (C=O) groups is 1. The third-order valence-electron chi connectivity index (χ3n) is 3.18. The van der Waals surface area contributed by atoms with E-state index in [9.17, 15) is 4.79 Å². The van der Waals surface area contributed by atoms with Crippen LogP contribution in [0.15, 0.2) is 12.4 Å². The summed E-state index contributed by atoms with van der Waals surface area (Å²) in [6.07, 6.45) is 3.34. The lowest BCUT2D eigenvalue weighted by atomic mass is 10.3. The molecular formula is C14H22N4O2Si. The van der Waals surface area contributed by atoms with Crippen LogP contribution in [0.1, 0.15) is 16.1 Å². The van der Waals surface area contributed by atoms with Gasteiger partial charge in [-0.15, -0.1) is 0 Å². The van der Waals surface area contributed by atoms with Crippen LogP contribution in [0, 0.1) is 6.92 Å². The molecule has 2 aromatic heterocycles. The number of hydrogen-bond donors (Lipinski definition) is 1. The fraction of sp³-hybridized carbons (Fsp3) is 0.500. The Bertz CT molecular complexity index is 661. The fourth-order valence-electron chi connectivity index (χ4n) is 1.96. The standard InChI is InChI=1S/C14H22N4O2Si/c1-10-7-16-14-12(17-10)11(13(15)19)8-18(14)9-20-5-6-21(2,3)4/h7-8H,5-6,9H2,1-4H3,(H2,15,19). The highest BCUT2D eigenvalue weighted by atomic mass is 28.3. The first kappa shape index (κ1) is 15.7. The lowest BCUT2D eigenvalue weighted by Crippen LogP contribution is -2.22. The lowest BCUT2D eigenvalue weighted by molar-refractivity contribution is 0.0895. The molecule has 7 heteroatoms. The SMILES string of the molecule is Cc1cnc2c(n1)c(C(N)=O)cn2COCC[Si](C)(C)C. The van der Waals surface area contributed by atoms with E-state index in [1.807, 2.05) is 6.92 Å². The quantitative estimate of drug-likeness (QED) is 0.655. The zero-order chi connectivity index (χ0) is 15.6. The maximum absolute atomic E-state index is 11.5. The zero-order valence-corrected chi connectivity index (χ0v) is 14.0. The number of aryl methyl sites for hydroxylation is 1. The van der Waals surface area contributed by atoms with Gasteiger partial charge in [-0.3, -0.25) is 4.79 Å². The second-order valence-corrected chi connectivity index (χ2v) is 12.0. The van der Waals surface area contributed by atoms with Gasteiger partial charge in [-0.2, -0.15) is 0 Å². The van der Waals surface area contributed by atoms with Crippen LogP contribution in [0.4, 0.5) is 0 Å². The lowest BCUT2D eigenvalue weighted by Gasteiger charge is -2.15. The van der Waals surface area contributed by atoms with Gasteiger partial charge in [0.15, 0.2) is 5.65 Å². The number of rotatable bonds is 6. The van der Waals surface area contributed by atoms with Crippen molar-refractivity contribution in [3.8, 4) is 0 Å². The number of amides is 1. The molecule has 2 aromatic rings. The summed E-state index contributed by atoms with van der Waals surface area (Å²) in [5.74, 6) is -0.499. The van der Waals surface area contributed by atoms with Crippen molar-refractivity contribution in [1.82, 2.24) is 14.5 Å². The van der Waals surface area contributed by atoms with Gasteiger partial charge in [0.25, 0.3) is 5.91 Å². The summed E-state index contributed by atoms with van der Waals surface area (Å²) in [7, 11) is -1.11. The van der Waals surface area contributed by atoms with Crippen molar-refractivity contribution in [3.05, 3.63) is 23.7 Å². The molecule has 0 fully saturated rings. The molecule has 1 amide bonds. The highest BCUT2D eigenvalue weighted by molar-refractivity contribution is 6.76. The van der Waals surface area contributed by atoms with E-state index in [1.165, 1.54) is 0 Å². The van der Waals surface area contributed by atoms with Crippen molar-refractivity contribution >= 4 is 25.1 Å². The van der Waals surface area contributed by atoms with Crippen molar-refractivity contribution in [3.63, 3.8) is 0 Å². The van der Waals surface area contributed by atoms with E-state index in [1.54, 1.807) is 17.0 Å². The number of carbonyl (C=O) groups excluding carboxylic acids is 1. The average Bonchev–Trinajstić information content (AvgIpc) is 2.71. The number of nitrogens with zero attached hydrogens (tertiary/aromatic N) is 3. The van der Waals surface area contributed by atoms with Gasteiger partial charge >= 0.3 is 0 Å². The molecule has 0 saturated heterocycles. The minimum atomic E-state index is -1.11. The molecule has 2 N–H and O–H groups in total. The molecule has 114 valence electrons. The minimum Gasteiger partial charge on any atom is -0.365 e. The maximum Gasteiger partial charge on any atom is 0.252 e. The van der Waals surface area contributed by atoms with Crippen molar-refractivity contribution in [1.29, 1.82) is 0 Å². The smallest absolute Gasteiger partial charge is 0.252 e. The molecule has 6 nitrogen and oxygen atoms in total. The van der Waals surface area contributed by atoms with E-state index in [2.05, 4.69) is 29.6 Å². The van der Waals surface area contributed by atoms with E-state index < -0.39 is 14.0 Å². The Labute approximate surface area is 125 Å². The number of fused-ring (bicyclic) bond motifs is 1. The predicted octanol–water partition coefficient (Wildman–Crippen LogP) is 2.15. The third kappa shape index (κ3) is 3.89. The Balaban J connectivity index is 2.18. The normalized spacial score (nSPS) is 12.0. The van der Waals surface area contributed by atoms with Gasteiger partial charge in [0.05, 0.1) is 17.5 Å². The minimum absolute atomic E-state index is 0.353. The Morgan fingerprint density at radius 2 is 2.14 bits per heavy atom. The summed E-state index contributed by atoms with van der Waals surface area (Å²) in [5, 5.41) is 0. The van der Waals surface area contributed by atoms with Crippen LogP contribution in [0.25, 0.3) is 11.2 Å². The van der Waals surface area contributed by atoms with E-state index in [4.69, 9.17) is 10.5 Å². The van der Waals surface area contributed by atoms with E-state index in [0.29, 0.717) is 30.1 Å². The van der Waals surface area contributed by atoms with Gasteiger partial charge in [-0.25, -0.2) is 9.97 Å². The zero-order valence-electron chi connectivity index (χ0n) is 13.0. The van der Waals surface area contributed by atoms with Gasteiger partial charge in [0.2, 0.25) is 0 Å². The summed E-state index contributed by atoms with van der Waals surface area (Å²) in [4.78, 5) is 20.2. The molecule has 0 aromatic carbocycles. The van der Waals surface area contributed by atoms with Crippen molar-refractivity contribution < 1.29 is 9.53 Å². The van der Waals surface area contributed by atoms with Gasteiger partial charge in [-0.05, 0) is 13.0 Å². The Morgan fingerprint density at radius 3 is 2.76 bits per heavy atom. The molecular weight excluding hydrogens is 284 g/mol. The van der Waals surface area contributed by atoms with Crippen molar-refractivity contribution in [2.45, 2.75) is 39.3 Å². The Kier molecular flexibility index (Phi) is 4.43. The number of ether oxygens (including phenoxy) is 1. The molecule has 0 unspecified atom stereocenters. The number of aromatic nitrogens is 3. The van der Waals surface area contributed by atoms with Crippen LogP contribution in [0.5, 0.6) is 0 Å². The molecule has 21 heavy (non-hydrogen) atoms. The third-order valence-corrected chi connectivity index (χ3v) is 4.88. The van der Waals surface area contributed by atoms with Gasteiger partial charge in [-0.1, -0.05) is 19.6 Å². The first-order valence-electron chi connectivity index (χ1n) is 6.98. The van der Waals surface area contributed by atoms with E-state index in [0.717, 1.165) is 11.7 Å². The van der Waals surface area contributed by atoms with E-state index >= 15 is 0 Å². The van der Waals surface area contributed by atoms with Crippen LogP contribution >= 0.6 is 0 Å². The number of hydrogen-bond acceptors (Lipinski definition) is 4. The Morgan fingerprint density at radius 1 is 1.43 bits per heavy atom. The highest BCUT2D eigenvalue weighted by Gasteiger charge is 2.16. The summed E-state index contributed by atoms with van der Waals surface area (Å²) in [6.45, 7) is 9.81. The van der Waals surface area contributed by atoms with E-state index in [-0.39, 0.29) is 0 Å². The van der Waals surface area contributed by atoms with Gasteiger partial charge in [0.1, 0.15) is 12.2 Å². The fourth-order valence-corrected chi connectivity index (χ4v) is 2.72. The molecule has 2 heterocycles. The van der Waals surface area contributed by atoms with Crippen molar-refractivity contribution in [2.24, 2.45) is 5.73 Å². The molecule has 0 spiro atoms. The van der Waals surface area contributed by atoms with Crippen LogP contribution in [-0.2, 0) is 11.5 Å². The molecule has 0 aliphatic rings. The second kappa shape index (κ2) is 5.95. The molecule has 0 aliphatic heterocycles. The maximum atomic E-state index is 11.5. The van der Waals surface area contributed by atoms with Crippen LogP contribution in [0.2, 0.25) is 25.7 Å². The van der Waals surface area contributed by atoms with Crippen molar-refractivity contribution in [2.75, 3.05) is 6.61 Å². The average molecular weight is 306 g/mol. The molecule has 0 saturated carbocycles. The van der Waals surface area contributed by atoms with Gasteiger partial charge in [0, 0.05) is 20.9 Å². The Hall–Kier alpha value is -1.73. The molecule has 0 atom stereocenters. The molecule has 0 bridgehead atoms. The molecule has 0 radical (unpaired) electrons. The summed E-state index contributed by atoms with van der Waals surface area (Å²) in [5.41, 5.74) is 7.70.